The van der Waals surface area contributed by atoms with Crippen molar-refractivity contribution in [2.45, 2.75) is 18.4 Å². The first-order chi connectivity index (χ1) is 11.1. The van der Waals surface area contributed by atoms with Crippen molar-refractivity contribution in [2.24, 2.45) is 5.92 Å². The molecule has 3 heterocycles. The first kappa shape index (κ1) is 14.8. The molecule has 0 bridgehead atoms. The summed E-state index contributed by atoms with van der Waals surface area (Å²) in [5, 5.41) is 23.5. The molecule has 0 amide bonds. The van der Waals surface area contributed by atoms with Gasteiger partial charge >= 0.3 is 0 Å². The van der Waals surface area contributed by atoms with Crippen LogP contribution < -0.4 is 10.1 Å². The van der Waals surface area contributed by atoms with E-state index in [-0.39, 0.29) is 23.5 Å². The van der Waals surface area contributed by atoms with E-state index >= 15 is 0 Å². The third kappa shape index (κ3) is 2.46. The van der Waals surface area contributed by atoms with Crippen molar-refractivity contribution in [1.82, 2.24) is 10.3 Å². The number of phenols is 2. The minimum absolute atomic E-state index is 0.152. The summed E-state index contributed by atoms with van der Waals surface area (Å²) in [6, 6.07) is 7.29. The second-order valence-corrected chi connectivity index (χ2v) is 6.88. The molecule has 23 heavy (non-hydrogen) atoms. The number of ether oxygens (including phenoxy) is 1. The maximum Gasteiger partial charge on any atom is 0.200 e. The molecular weight excluding hydrogens is 360 g/mol. The van der Waals surface area contributed by atoms with Gasteiger partial charge in [-0.3, -0.25) is 0 Å². The Hall–Kier alpha value is -1.79. The van der Waals surface area contributed by atoms with Crippen molar-refractivity contribution in [3.63, 3.8) is 0 Å². The van der Waals surface area contributed by atoms with Crippen LogP contribution in [-0.2, 0) is 0 Å². The number of fused-ring (bicyclic) bond motifs is 3. The number of piperidine rings is 1. The second kappa shape index (κ2) is 5.69. The van der Waals surface area contributed by atoms with Gasteiger partial charge in [0, 0.05) is 30.1 Å². The SMILES string of the molecule is Oc1ccc2c(c1O)OC(c1ccnc(Br)c1)C1CCNCC21. The lowest BCUT2D eigenvalue weighted by Gasteiger charge is -2.43. The summed E-state index contributed by atoms with van der Waals surface area (Å²) in [6.45, 7) is 1.79. The molecule has 1 aromatic carbocycles. The van der Waals surface area contributed by atoms with E-state index in [1.165, 1.54) is 6.07 Å². The third-order valence-electron chi connectivity index (χ3n) is 4.79. The van der Waals surface area contributed by atoms with Crippen molar-refractivity contribution in [3.05, 3.63) is 46.2 Å². The van der Waals surface area contributed by atoms with Gasteiger partial charge in [-0.2, -0.15) is 0 Å². The molecule has 2 aliphatic heterocycles. The average Bonchev–Trinajstić information content (AvgIpc) is 2.57. The zero-order chi connectivity index (χ0) is 16.0. The van der Waals surface area contributed by atoms with Gasteiger partial charge in [0.2, 0.25) is 5.75 Å². The predicted molar refractivity (Wildman–Crippen MR) is 88.8 cm³/mol. The van der Waals surface area contributed by atoms with Crippen molar-refractivity contribution < 1.29 is 14.9 Å². The highest BCUT2D eigenvalue weighted by Gasteiger charge is 2.42. The van der Waals surface area contributed by atoms with Gasteiger partial charge in [-0.05, 0) is 52.7 Å². The minimum atomic E-state index is -0.176. The van der Waals surface area contributed by atoms with Gasteiger partial charge in [0.25, 0.3) is 0 Å². The Morgan fingerprint density at radius 2 is 2.13 bits per heavy atom. The zero-order valence-corrected chi connectivity index (χ0v) is 14.0. The molecule has 3 unspecified atom stereocenters. The summed E-state index contributed by atoms with van der Waals surface area (Å²) in [7, 11) is 0. The molecule has 6 heteroatoms. The molecule has 0 spiro atoms. The number of nitrogens with one attached hydrogen (secondary N) is 1. The van der Waals surface area contributed by atoms with Crippen LogP contribution in [0.3, 0.4) is 0 Å². The monoisotopic (exact) mass is 376 g/mol. The number of hydrogen-bond acceptors (Lipinski definition) is 5. The Labute approximate surface area is 142 Å². The van der Waals surface area contributed by atoms with Crippen LogP contribution in [0.4, 0.5) is 0 Å². The Morgan fingerprint density at radius 3 is 2.96 bits per heavy atom. The Balaban J connectivity index is 1.83. The van der Waals surface area contributed by atoms with Crippen LogP contribution in [0.25, 0.3) is 0 Å². The van der Waals surface area contributed by atoms with E-state index in [1.54, 1.807) is 6.20 Å². The lowest BCUT2D eigenvalue weighted by molar-refractivity contribution is 0.0697. The topological polar surface area (TPSA) is 74.6 Å². The molecule has 1 fully saturated rings. The van der Waals surface area contributed by atoms with E-state index in [1.807, 2.05) is 18.2 Å². The molecule has 5 nitrogen and oxygen atoms in total. The number of hydrogen-bond donors (Lipinski definition) is 3. The summed E-state index contributed by atoms with van der Waals surface area (Å²) in [4.78, 5) is 4.17. The largest absolute Gasteiger partial charge is 0.504 e. The minimum Gasteiger partial charge on any atom is -0.504 e. The van der Waals surface area contributed by atoms with E-state index in [9.17, 15) is 10.2 Å². The Bertz CT molecular complexity index is 753. The summed E-state index contributed by atoms with van der Waals surface area (Å²) < 4.78 is 6.93. The van der Waals surface area contributed by atoms with Gasteiger partial charge in [-0.25, -0.2) is 4.98 Å². The first-order valence-corrected chi connectivity index (χ1v) is 8.48. The number of pyridine rings is 1. The van der Waals surface area contributed by atoms with Gasteiger partial charge in [-0.1, -0.05) is 6.07 Å². The second-order valence-electron chi connectivity index (χ2n) is 6.07. The van der Waals surface area contributed by atoms with Gasteiger partial charge in [-0.15, -0.1) is 0 Å². The molecule has 0 radical (unpaired) electrons. The normalized spacial score (nSPS) is 26.0. The van der Waals surface area contributed by atoms with Crippen LogP contribution in [0.15, 0.2) is 35.1 Å². The van der Waals surface area contributed by atoms with Gasteiger partial charge in [0.05, 0.1) is 0 Å². The molecular formula is C17H17BrN2O3. The number of rotatable bonds is 1. The van der Waals surface area contributed by atoms with E-state index in [0.29, 0.717) is 11.7 Å². The van der Waals surface area contributed by atoms with Crippen molar-refractivity contribution in [3.8, 4) is 17.2 Å². The highest BCUT2D eigenvalue weighted by atomic mass is 79.9. The molecule has 1 aromatic heterocycles. The maximum atomic E-state index is 10.2. The summed E-state index contributed by atoms with van der Waals surface area (Å²) in [5.74, 6) is 0.635. The number of benzene rings is 1. The molecule has 0 aliphatic carbocycles. The highest BCUT2D eigenvalue weighted by Crippen LogP contribution is 2.53. The maximum absolute atomic E-state index is 10.2. The van der Waals surface area contributed by atoms with Crippen molar-refractivity contribution >= 4 is 15.9 Å². The van der Waals surface area contributed by atoms with Crippen LogP contribution in [0.5, 0.6) is 17.2 Å². The molecule has 3 atom stereocenters. The molecule has 2 aliphatic rings. The molecule has 0 saturated carbocycles. The number of halogens is 1. The summed E-state index contributed by atoms with van der Waals surface area (Å²) in [6.07, 6.45) is 2.58. The Morgan fingerprint density at radius 1 is 1.26 bits per heavy atom. The van der Waals surface area contributed by atoms with Crippen molar-refractivity contribution in [1.29, 1.82) is 0 Å². The van der Waals surface area contributed by atoms with Crippen LogP contribution in [0.2, 0.25) is 0 Å². The van der Waals surface area contributed by atoms with E-state index < -0.39 is 0 Å². The van der Waals surface area contributed by atoms with Crippen molar-refractivity contribution in [2.75, 3.05) is 13.1 Å². The number of phenolic OH excluding ortho intramolecular Hbond substituents is 2. The molecule has 2 aromatic rings. The number of nitrogens with zero attached hydrogens (tertiary/aromatic N) is 1. The van der Waals surface area contributed by atoms with Crippen LogP contribution >= 0.6 is 15.9 Å². The average molecular weight is 377 g/mol. The molecule has 120 valence electrons. The van der Waals surface area contributed by atoms with E-state index in [2.05, 4.69) is 26.2 Å². The van der Waals surface area contributed by atoms with E-state index in [4.69, 9.17) is 4.74 Å². The fraction of sp³-hybridized carbons (Fsp3) is 0.353. The number of aromatic nitrogens is 1. The molecule has 4 rings (SSSR count). The zero-order valence-electron chi connectivity index (χ0n) is 12.4. The number of aromatic hydroxyl groups is 2. The predicted octanol–water partition coefficient (Wildman–Crippen LogP) is 3.08. The molecule has 3 N–H and O–H groups in total. The standard InChI is InChI=1S/C17H17BrN2O3/c18-14-7-9(3-6-20-14)16-11-4-5-19-8-12(11)10-1-2-13(21)15(22)17(10)23-16/h1-3,6-7,11-12,16,19,21-22H,4-5,8H2. The lowest BCUT2D eigenvalue weighted by atomic mass is 9.74. The lowest BCUT2D eigenvalue weighted by Crippen LogP contribution is -2.41. The highest BCUT2D eigenvalue weighted by molar-refractivity contribution is 9.10. The van der Waals surface area contributed by atoms with Gasteiger partial charge < -0.3 is 20.3 Å². The first-order valence-electron chi connectivity index (χ1n) is 7.69. The molecule has 1 saturated heterocycles. The van der Waals surface area contributed by atoms with Gasteiger partial charge in [0.15, 0.2) is 11.5 Å². The summed E-state index contributed by atoms with van der Waals surface area (Å²) >= 11 is 3.41. The van der Waals surface area contributed by atoms with Crippen LogP contribution in [-0.4, -0.2) is 28.3 Å². The van der Waals surface area contributed by atoms with Gasteiger partial charge in [0.1, 0.15) is 10.7 Å². The van der Waals surface area contributed by atoms with E-state index in [0.717, 1.165) is 35.2 Å². The van der Waals surface area contributed by atoms with Crippen LogP contribution in [0, 0.1) is 5.92 Å². The quantitative estimate of drug-likeness (QED) is 0.526. The fourth-order valence-corrected chi connectivity index (χ4v) is 4.08. The summed E-state index contributed by atoms with van der Waals surface area (Å²) in [5.41, 5.74) is 1.99. The Kier molecular flexibility index (Phi) is 3.66. The third-order valence-corrected chi connectivity index (χ3v) is 5.22. The fourth-order valence-electron chi connectivity index (χ4n) is 3.70. The van der Waals surface area contributed by atoms with Crippen LogP contribution in [0.1, 0.15) is 29.6 Å². The smallest absolute Gasteiger partial charge is 0.200 e.